The SMILES string of the molecule is CN/C=C(\C(C)=N)C(=N)/C=C\C(=N)NCC1CC12CCN(CCC(C)(C)C)CC2. The van der Waals surface area contributed by atoms with E-state index in [-0.39, 0.29) is 5.71 Å². The van der Waals surface area contributed by atoms with E-state index >= 15 is 0 Å². The largest absolute Gasteiger partial charge is 0.393 e. The van der Waals surface area contributed by atoms with E-state index in [9.17, 15) is 0 Å². The van der Waals surface area contributed by atoms with E-state index in [0.29, 0.717) is 33.9 Å². The molecule has 1 saturated heterocycles. The molecule has 0 aromatic carbocycles. The second-order valence-electron chi connectivity index (χ2n) is 9.93. The van der Waals surface area contributed by atoms with E-state index in [1.807, 2.05) is 0 Å². The predicted octanol–water partition coefficient (Wildman–Crippen LogP) is 3.81. The van der Waals surface area contributed by atoms with Crippen LogP contribution < -0.4 is 10.6 Å². The molecule has 6 heteroatoms. The average molecular weight is 401 g/mol. The second-order valence-corrected chi connectivity index (χ2v) is 9.93. The van der Waals surface area contributed by atoms with E-state index < -0.39 is 0 Å². The monoisotopic (exact) mass is 400 g/mol. The zero-order chi connectivity index (χ0) is 21.7. The summed E-state index contributed by atoms with van der Waals surface area (Å²) in [7, 11) is 1.75. The molecule has 6 nitrogen and oxygen atoms in total. The van der Waals surface area contributed by atoms with Crippen molar-refractivity contribution in [3.63, 3.8) is 0 Å². The van der Waals surface area contributed by atoms with E-state index in [1.54, 1.807) is 32.3 Å². The summed E-state index contributed by atoms with van der Waals surface area (Å²) in [5, 5.41) is 30.0. The Labute approximate surface area is 176 Å². The highest BCUT2D eigenvalue weighted by Crippen LogP contribution is 2.59. The Morgan fingerprint density at radius 3 is 2.34 bits per heavy atom. The molecule has 1 unspecified atom stereocenters. The van der Waals surface area contributed by atoms with Gasteiger partial charge in [-0.1, -0.05) is 20.8 Å². The van der Waals surface area contributed by atoms with Crippen molar-refractivity contribution >= 4 is 17.3 Å². The highest BCUT2D eigenvalue weighted by molar-refractivity contribution is 6.26. The van der Waals surface area contributed by atoms with Crippen molar-refractivity contribution in [3.8, 4) is 0 Å². The van der Waals surface area contributed by atoms with Gasteiger partial charge in [-0.3, -0.25) is 5.41 Å². The summed E-state index contributed by atoms with van der Waals surface area (Å²) in [6, 6.07) is 0. The Morgan fingerprint density at radius 1 is 1.14 bits per heavy atom. The van der Waals surface area contributed by atoms with Crippen LogP contribution in [0.15, 0.2) is 23.9 Å². The summed E-state index contributed by atoms with van der Waals surface area (Å²) in [4.78, 5) is 2.62. The molecule has 1 aliphatic heterocycles. The van der Waals surface area contributed by atoms with Crippen molar-refractivity contribution in [1.82, 2.24) is 15.5 Å². The summed E-state index contributed by atoms with van der Waals surface area (Å²) < 4.78 is 0. The van der Waals surface area contributed by atoms with Crippen LogP contribution in [0.2, 0.25) is 0 Å². The normalized spacial score (nSPS) is 22.0. The first-order valence-electron chi connectivity index (χ1n) is 10.8. The summed E-state index contributed by atoms with van der Waals surface area (Å²) >= 11 is 0. The lowest BCUT2D eigenvalue weighted by atomic mass is 9.88. The van der Waals surface area contributed by atoms with Gasteiger partial charge in [-0.2, -0.15) is 0 Å². The first-order chi connectivity index (χ1) is 13.6. The number of allylic oxidation sites excluding steroid dienone is 2. The lowest BCUT2D eigenvalue weighted by molar-refractivity contribution is 0.146. The molecule has 0 aromatic rings. The smallest absolute Gasteiger partial charge is 0.118 e. The van der Waals surface area contributed by atoms with Gasteiger partial charge in [0.1, 0.15) is 5.84 Å². The third kappa shape index (κ3) is 7.11. The molecule has 162 valence electrons. The molecule has 1 saturated carbocycles. The fraction of sp³-hybridized carbons (Fsp3) is 0.696. The number of likely N-dealkylation sites (tertiary alicyclic amines) is 1. The van der Waals surface area contributed by atoms with Gasteiger partial charge in [0.15, 0.2) is 0 Å². The van der Waals surface area contributed by atoms with Crippen LogP contribution in [0.4, 0.5) is 0 Å². The highest BCUT2D eigenvalue weighted by Gasteiger charge is 2.54. The molecule has 2 rings (SSSR count). The quantitative estimate of drug-likeness (QED) is 0.301. The maximum Gasteiger partial charge on any atom is 0.118 e. The molecule has 0 bridgehead atoms. The molecular weight excluding hydrogens is 360 g/mol. The van der Waals surface area contributed by atoms with E-state index in [0.717, 1.165) is 6.54 Å². The Hall–Kier alpha value is -1.95. The van der Waals surface area contributed by atoms with Crippen molar-refractivity contribution in [3.05, 3.63) is 23.9 Å². The van der Waals surface area contributed by atoms with Crippen LogP contribution >= 0.6 is 0 Å². The molecule has 0 aromatic heterocycles. The Bertz CT molecular complexity index is 674. The van der Waals surface area contributed by atoms with Crippen LogP contribution in [0.3, 0.4) is 0 Å². The van der Waals surface area contributed by atoms with Gasteiger partial charge in [-0.05, 0) is 81.1 Å². The number of amidine groups is 1. The molecule has 1 spiro atoms. The van der Waals surface area contributed by atoms with Gasteiger partial charge in [0, 0.05) is 31.1 Å². The molecular formula is C23H40N6. The van der Waals surface area contributed by atoms with Crippen molar-refractivity contribution in [2.75, 3.05) is 33.2 Å². The molecule has 1 atom stereocenters. The minimum atomic E-state index is 0.240. The fourth-order valence-corrected chi connectivity index (χ4v) is 4.13. The molecule has 1 aliphatic carbocycles. The van der Waals surface area contributed by atoms with Gasteiger partial charge in [0.05, 0.1) is 5.71 Å². The number of hydrogen-bond acceptors (Lipinski definition) is 5. The summed E-state index contributed by atoms with van der Waals surface area (Å²) in [6.45, 7) is 13.1. The third-order valence-corrected chi connectivity index (χ3v) is 6.33. The number of nitrogens with zero attached hydrogens (tertiary/aromatic N) is 1. The van der Waals surface area contributed by atoms with Crippen molar-refractivity contribution in [2.24, 2.45) is 16.7 Å². The molecule has 0 amide bonds. The lowest BCUT2D eigenvalue weighted by Crippen LogP contribution is -2.37. The summed E-state index contributed by atoms with van der Waals surface area (Å²) in [5.41, 5.74) is 2.02. The minimum absolute atomic E-state index is 0.240. The molecule has 0 radical (unpaired) electrons. The van der Waals surface area contributed by atoms with Crippen LogP contribution in [0, 0.1) is 33.0 Å². The zero-order valence-electron chi connectivity index (χ0n) is 18.9. The second kappa shape index (κ2) is 9.70. The average Bonchev–Trinajstić information content (AvgIpc) is 3.33. The first kappa shape index (κ1) is 23.3. The Kier molecular flexibility index (Phi) is 7.80. The minimum Gasteiger partial charge on any atom is -0.393 e. The molecule has 1 heterocycles. The van der Waals surface area contributed by atoms with Crippen LogP contribution in [0.5, 0.6) is 0 Å². The molecule has 2 aliphatic rings. The van der Waals surface area contributed by atoms with Gasteiger partial charge >= 0.3 is 0 Å². The van der Waals surface area contributed by atoms with Crippen molar-refractivity contribution in [2.45, 2.75) is 53.4 Å². The van der Waals surface area contributed by atoms with Gasteiger partial charge in [-0.15, -0.1) is 0 Å². The lowest BCUT2D eigenvalue weighted by Gasteiger charge is -2.34. The van der Waals surface area contributed by atoms with Crippen molar-refractivity contribution in [1.29, 1.82) is 16.2 Å². The van der Waals surface area contributed by atoms with Crippen LogP contribution in [0.1, 0.15) is 53.4 Å². The Balaban J connectivity index is 1.71. The van der Waals surface area contributed by atoms with Gasteiger partial charge in [-0.25, -0.2) is 0 Å². The van der Waals surface area contributed by atoms with Crippen molar-refractivity contribution < 1.29 is 0 Å². The first-order valence-corrected chi connectivity index (χ1v) is 10.8. The molecule has 2 fully saturated rings. The Morgan fingerprint density at radius 2 is 1.79 bits per heavy atom. The number of hydrogen-bond donors (Lipinski definition) is 5. The number of nitrogens with one attached hydrogen (secondary N) is 5. The van der Waals surface area contributed by atoms with Crippen LogP contribution in [-0.2, 0) is 0 Å². The maximum atomic E-state index is 8.11. The maximum absolute atomic E-state index is 8.11. The highest BCUT2D eigenvalue weighted by atomic mass is 15.1. The van der Waals surface area contributed by atoms with E-state index in [2.05, 4.69) is 36.3 Å². The summed E-state index contributed by atoms with van der Waals surface area (Å²) in [5.74, 6) is 1.01. The van der Waals surface area contributed by atoms with E-state index in [1.165, 1.54) is 45.3 Å². The molecule has 29 heavy (non-hydrogen) atoms. The zero-order valence-corrected chi connectivity index (χ0v) is 18.9. The predicted molar refractivity (Wildman–Crippen MR) is 123 cm³/mol. The molecule has 5 N–H and O–H groups in total. The van der Waals surface area contributed by atoms with E-state index in [4.69, 9.17) is 16.2 Å². The topological polar surface area (TPSA) is 98.9 Å². The summed E-state index contributed by atoms with van der Waals surface area (Å²) in [6.07, 6.45) is 9.97. The number of rotatable bonds is 9. The number of piperidine rings is 1. The van der Waals surface area contributed by atoms with Crippen LogP contribution in [-0.4, -0.2) is 55.4 Å². The third-order valence-electron chi connectivity index (χ3n) is 6.33. The van der Waals surface area contributed by atoms with Crippen LogP contribution in [0.25, 0.3) is 0 Å². The fourth-order valence-electron chi connectivity index (χ4n) is 4.13. The standard InChI is InChI=1S/C23H40N6/c1-17(24)19(16-27-5)20(25)6-7-21(26)28-15-18-14-23(18)9-12-29(13-10-23)11-8-22(2,3)4/h6-7,16,18,24-25,27H,8-15H2,1-5H3,(H2,26,28)/b7-6-,19-16+,24-17?,25-20?. The van der Waals surface area contributed by atoms with Gasteiger partial charge in [0.25, 0.3) is 0 Å². The van der Waals surface area contributed by atoms with Gasteiger partial charge < -0.3 is 26.4 Å². The van der Waals surface area contributed by atoms with Gasteiger partial charge in [0.2, 0.25) is 0 Å².